The zero-order chi connectivity index (χ0) is 48.1. The van der Waals surface area contributed by atoms with Gasteiger partial charge in [0.2, 0.25) is 23.6 Å². The molecule has 5 aromatic rings. The first kappa shape index (κ1) is 49.7. The number of ether oxygens (including phenoxy) is 2. The fourth-order valence-electron chi connectivity index (χ4n) is 7.77. The number of hydrogen-bond acceptors (Lipinski definition) is 8. The van der Waals surface area contributed by atoms with Crippen molar-refractivity contribution in [2.24, 2.45) is 0 Å². The van der Waals surface area contributed by atoms with Crippen molar-refractivity contribution in [3.8, 4) is 0 Å². The smallest absolute Gasteiger partial charge is 0.408 e. The molecule has 5 atom stereocenters. The van der Waals surface area contributed by atoms with E-state index in [1.54, 1.807) is 34.6 Å². The van der Waals surface area contributed by atoms with Crippen molar-refractivity contribution in [2.45, 2.75) is 109 Å². The van der Waals surface area contributed by atoms with Crippen molar-refractivity contribution in [1.82, 2.24) is 26.6 Å². The fourth-order valence-corrected chi connectivity index (χ4v) is 7.77. The molecule has 5 N–H and O–H groups in total. The summed E-state index contributed by atoms with van der Waals surface area (Å²) in [5, 5.41) is 14.0. The molecular weight excluding hydrogens is 835 g/mol. The van der Waals surface area contributed by atoms with Crippen molar-refractivity contribution >= 4 is 35.7 Å². The van der Waals surface area contributed by atoms with E-state index < -0.39 is 82.3 Å². The number of hydrogen-bond donors (Lipinski definition) is 5. The van der Waals surface area contributed by atoms with E-state index in [1.807, 2.05) is 152 Å². The molecule has 0 radical (unpaired) electrons. The normalized spacial score (nSPS) is 14.5. The number of nitrogens with one attached hydrogen (secondary N) is 5. The number of amides is 5. The number of esters is 1. The summed E-state index contributed by atoms with van der Waals surface area (Å²) < 4.78 is 11.1. The Bertz CT molecular complexity index is 2340. The van der Waals surface area contributed by atoms with Crippen LogP contribution in [0.5, 0.6) is 0 Å². The number of carbonyl (C=O) groups is 6. The van der Waals surface area contributed by atoms with Gasteiger partial charge in [0, 0.05) is 11.8 Å². The molecular formula is C53H61N5O8. The Morgan fingerprint density at radius 1 is 0.455 bits per heavy atom. The van der Waals surface area contributed by atoms with E-state index >= 15 is 0 Å². The lowest BCUT2D eigenvalue weighted by Gasteiger charge is -2.39. The second kappa shape index (κ2) is 22.1. The maximum absolute atomic E-state index is 14.7. The molecule has 0 fully saturated rings. The molecule has 0 saturated carbocycles. The minimum absolute atomic E-state index is 0.0502. The summed E-state index contributed by atoms with van der Waals surface area (Å²) >= 11 is 0. The van der Waals surface area contributed by atoms with Gasteiger partial charge in [-0.05, 0) is 83.2 Å². The fraction of sp³-hybridized carbons (Fsp3) is 0.321. The van der Waals surface area contributed by atoms with Gasteiger partial charge >= 0.3 is 12.1 Å². The van der Waals surface area contributed by atoms with Crippen LogP contribution >= 0.6 is 0 Å². The molecule has 0 aliphatic heterocycles. The first-order valence-electron chi connectivity index (χ1n) is 22.0. The molecule has 346 valence electrons. The molecule has 0 bridgehead atoms. The molecule has 0 aliphatic rings. The van der Waals surface area contributed by atoms with Gasteiger partial charge < -0.3 is 36.1 Å². The monoisotopic (exact) mass is 895 g/mol. The van der Waals surface area contributed by atoms with E-state index in [2.05, 4.69) is 26.6 Å². The molecule has 0 aliphatic carbocycles. The van der Waals surface area contributed by atoms with Gasteiger partial charge in [-0.3, -0.25) is 19.2 Å². The van der Waals surface area contributed by atoms with Crippen molar-refractivity contribution < 1.29 is 38.2 Å². The molecule has 5 aromatic carbocycles. The van der Waals surface area contributed by atoms with Gasteiger partial charge in [-0.1, -0.05) is 152 Å². The van der Waals surface area contributed by atoms with Gasteiger partial charge in [0.1, 0.15) is 41.4 Å². The summed E-state index contributed by atoms with van der Waals surface area (Å²) in [5.41, 5.74) is -0.729. The Labute approximate surface area is 387 Å². The number of alkyl carbamates (subject to hydrolysis) is 1. The van der Waals surface area contributed by atoms with Gasteiger partial charge in [-0.15, -0.1) is 0 Å². The lowest BCUT2D eigenvalue weighted by Crippen LogP contribution is -2.65. The maximum atomic E-state index is 14.7. The lowest BCUT2D eigenvalue weighted by atomic mass is 9.75. The number of rotatable bonds is 18. The minimum Gasteiger partial charge on any atom is -0.458 e. The predicted molar refractivity (Wildman–Crippen MR) is 253 cm³/mol. The van der Waals surface area contributed by atoms with E-state index in [0.717, 1.165) is 5.56 Å². The third-order valence-corrected chi connectivity index (χ3v) is 11.2. The quantitative estimate of drug-likeness (QED) is 0.0580. The zero-order valence-electron chi connectivity index (χ0n) is 38.8. The molecule has 5 amide bonds. The van der Waals surface area contributed by atoms with E-state index in [4.69, 9.17) is 9.47 Å². The van der Waals surface area contributed by atoms with Crippen LogP contribution in [0.4, 0.5) is 4.79 Å². The third kappa shape index (κ3) is 12.9. The summed E-state index contributed by atoms with van der Waals surface area (Å²) in [4.78, 5) is 84.2. The number of carbonyl (C=O) groups excluding carboxylic acids is 6. The molecule has 0 saturated heterocycles. The Kier molecular flexibility index (Phi) is 16.6. The van der Waals surface area contributed by atoms with Crippen molar-refractivity contribution in [2.75, 3.05) is 0 Å². The van der Waals surface area contributed by atoms with Gasteiger partial charge in [-0.25, -0.2) is 9.59 Å². The van der Waals surface area contributed by atoms with E-state index in [9.17, 15) is 28.8 Å². The van der Waals surface area contributed by atoms with Crippen LogP contribution in [0.2, 0.25) is 0 Å². The highest BCUT2D eigenvalue weighted by molar-refractivity contribution is 5.99. The molecule has 13 nitrogen and oxygen atoms in total. The minimum atomic E-state index is -1.75. The Morgan fingerprint density at radius 3 is 1.20 bits per heavy atom. The highest BCUT2D eigenvalue weighted by Crippen LogP contribution is 2.37. The Morgan fingerprint density at radius 2 is 0.803 bits per heavy atom. The highest BCUT2D eigenvalue weighted by Gasteiger charge is 2.48. The molecule has 13 heteroatoms. The summed E-state index contributed by atoms with van der Waals surface area (Å²) in [7, 11) is 0. The first-order chi connectivity index (χ1) is 31.3. The Balaban J connectivity index is 1.40. The summed E-state index contributed by atoms with van der Waals surface area (Å²) in [5.74, 6) is -5.01. The summed E-state index contributed by atoms with van der Waals surface area (Å²) in [6.45, 7) is 12.7. The van der Waals surface area contributed by atoms with Crippen LogP contribution < -0.4 is 26.6 Å². The Hall–Kier alpha value is -7.28. The van der Waals surface area contributed by atoms with E-state index in [1.165, 1.54) is 20.8 Å². The van der Waals surface area contributed by atoms with Gasteiger partial charge in [0.05, 0.1) is 0 Å². The molecule has 0 aromatic heterocycles. The predicted octanol–water partition coefficient (Wildman–Crippen LogP) is 7.07. The second-order valence-electron chi connectivity index (χ2n) is 17.7. The molecule has 5 rings (SSSR count). The summed E-state index contributed by atoms with van der Waals surface area (Å²) in [6.07, 6.45) is -0.854. The van der Waals surface area contributed by atoms with Crippen LogP contribution in [0, 0.1) is 0 Å². The van der Waals surface area contributed by atoms with Crippen molar-refractivity contribution in [3.05, 3.63) is 179 Å². The SMILES string of the molecule is C[C@@H](NC(=O)[C@@H](C)NC(=O)[C@](C)(NC(=O)OCc1ccccc1)C(c1ccccc1)c1ccccc1)C(=O)N[C@@](C)(C(=O)N[C@H](C)C(=O)OC(C)(C)C)C(c1ccccc1)c1ccccc1. The standard InChI is InChI=1S/C53H61N5O8/c1-35(55-49(63)53(8,58-50(64)65-34-38-24-14-9-15-25-38)44(41-30-20-12-21-31-41)42-32-22-13-23-33-42)45(59)54-36(2)46(60)57-52(7,48(62)56-37(3)47(61)66-51(4,5)6)43(39-26-16-10-17-27-39)40-28-18-11-19-29-40/h9-33,35-37,43-44H,34H2,1-8H3,(H,54,59)(H,55,63)(H,56,62)(H,57,60)(H,58,64)/t35-,36-,37-,52-,53-/m1/s1. The van der Waals surface area contributed by atoms with E-state index in [-0.39, 0.29) is 6.61 Å². The molecule has 0 spiro atoms. The topological polar surface area (TPSA) is 181 Å². The number of benzene rings is 5. The average molecular weight is 896 g/mol. The van der Waals surface area contributed by atoms with Crippen LogP contribution in [0.15, 0.2) is 152 Å². The van der Waals surface area contributed by atoms with Crippen LogP contribution in [0.25, 0.3) is 0 Å². The van der Waals surface area contributed by atoms with Crippen LogP contribution in [-0.4, -0.2) is 70.5 Å². The second-order valence-corrected chi connectivity index (χ2v) is 17.7. The van der Waals surface area contributed by atoms with Gasteiger partial charge in [0.25, 0.3) is 0 Å². The molecule has 0 heterocycles. The molecule has 0 unspecified atom stereocenters. The maximum Gasteiger partial charge on any atom is 0.408 e. The van der Waals surface area contributed by atoms with Crippen LogP contribution in [0.1, 0.15) is 95.0 Å². The van der Waals surface area contributed by atoms with E-state index in [0.29, 0.717) is 22.3 Å². The van der Waals surface area contributed by atoms with Gasteiger partial charge in [-0.2, -0.15) is 0 Å². The van der Waals surface area contributed by atoms with Crippen molar-refractivity contribution in [3.63, 3.8) is 0 Å². The highest BCUT2D eigenvalue weighted by atomic mass is 16.6. The van der Waals surface area contributed by atoms with Crippen LogP contribution in [0.3, 0.4) is 0 Å². The summed E-state index contributed by atoms with van der Waals surface area (Å²) in [6, 6.07) is 42.3. The third-order valence-electron chi connectivity index (χ3n) is 11.2. The lowest BCUT2D eigenvalue weighted by molar-refractivity contribution is -0.158. The van der Waals surface area contributed by atoms with Crippen molar-refractivity contribution in [1.29, 1.82) is 0 Å². The van der Waals surface area contributed by atoms with Gasteiger partial charge in [0.15, 0.2) is 0 Å². The molecule has 66 heavy (non-hydrogen) atoms. The average Bonchev–Trinajstić information content (AvgIpc) is 3.29. The van der Waals surface area contributed by atoms with Crippen LogP contribution in [-0.2, 0) is 40.1 Å². The first-order valence-corrected chi connectivity index (χ1v) is 22.0. The zero-order valence-corrected chi connectivity index (χ0v) is 38.8. The largest absolute Gasteiger partial charge is 0.458 e.